The van der Waals surface area contributed by atoms with Gasteiger partial charge in [-0.25, -0.2) is 0 Å². The molecule has 1 aromatic carbocycles. The first-order valence-electron chi connectivity index (χ1n) is 7.11. The number of amides is 1. The second-order valence-corrected chi connectivity index (χ2v) is 5.29. The summed E-state index contributed by atoms with van der Waals surface area (Å²) in [5, 5.41) is 31.1. The van der Waals surface area contributed by atoms with Crippen molar-refractivity contribution in [1.29, 1.82) is 5.26 Å². The van der Waals surface area contributed by atoms with Crippen molar-refractivity contribution in [3.63, 3.8) is 0 Å². The molecule has 1 heterocycles. The summed E-state index contributed by atoms with van der Waals surface area (Å²) in [5.74, 6) is -0.307. The Balaban J connectivity index is 2.47. The number of benzene rings is 1. The summed E-state index contributed by atoms with van der Waals surface area (Å²) in [7, 11) is 2.97. The standard InChI is InChI=1S/C16H12N4O6/c1-18(2)16(21)10(9-17)7-12-4-6-15(26-12)13-5-3-11(19(22)23)8-14(13)20(24)25/h3-8H,1-2H3/b10-7-. The summed E-state index contributed by atoms with van der Waals surface area (Å²) in [6, 6.07) is 7.77. The number of nitro benzene ring substituents is 2. The van der Waals surface area contributed by atoms with E-state index in [-0.39, 0.29) is 22.7 Å². The quantitative estimate of drug-likeness (QED) is 0.346. The van der Waals surface area contributed by atoms with Crippen LogP contribution in [-0.2, 0) is 4.79 Å². The third-order valence-electron chi connectivity index (χ3n) is 3.32. The highest BCUT2D eigenvalue weighted by molar-refractivity contribution is 6.01. The van der Waals surface area contributed by atoms with E-state index in [4.69, 9.17) is 9.68 Å². The highest BCUT2D eigenvalue weighted by Gasteiger charge is 2.22. The van der Waals surface area contributed by atoms with Gasteiger partial charge in [0.15, 0.2) is 0 Å². The SMILES string of the molecule is CN(C)C(=O)/C(C#N)=C\c1ccc(-c2ccc([N+](=O)[O-])cc2[N+](=O)[O-])o1. The molecular weight excluding hydrogens is 344 g/mol. The number of hydrogen-bond acceptors (Lipinski definition) is 7. The highest BCUT2D eigenvalue weighted by Crippen LogP contribution is 2.34. The van der Waals surface area contributed by atoms with Gasteiger partial charge in [0.2, 0.25) is 0 Å². The minimum absolute atomic E-state index is 0.0395. The average Bonchev–Trinajstić information content (AvgIpc) is 3.06. The Morgan fingerprint density at radius 2 is 1.88 bits per heavy atom. The number of hydrogen-bond donors (Lipinski definition) is 0. The Kier molecular flexibility index (Phi) is 5.13. The number of non-ortho nitro benzene ring substituents is 1. The average molecular weight is 356 g/mol. The van der Waals surface area contributed by atoms with Gasteiger partial charge in [0.25, 0.3) is 17.3 Å². The lowest BCUT2D eigenvalue weighted by Crippen LogP contribution is -2.22. The maximum atomic E-state index is 11.8. The summed E-state index contributed by atoms with van der Waals surface area (Å²) in [5.41, 5.74) is -1.05. The van der Waals surface area contributed by atoms with Crippen molar-refractivity contribution in [2.75, 3.05) is 14.1 Å². The second-order valence-electron chi connectivity index (χ2n) is 5.29. The molecule has 2 rings (SSSR count). The third-order valence-corrected chi connectivity index (χ3v) is 3.32. The number of carbonyl (C=O) groups is 1. The van der Waals surface area contributed by atoms with Gasteiger partial charge in [-0.15, -0.1) is 0 Å². The van der Waals surface area contributed by atoms with Gasteiger partial charge in [0.1, 0.15) is 23.2 Å². The number of carbonyl (C=O) groups excluding carboxylic acids is 1. The van der Waals surface area contributed by atoms with Crippen LogP contribution in [0.5, 0.6) is 0 Å². The van der Waals surface area contributed by atoms with Crippen LogP contribution in [0.1, 0.15) is 5.76 Å². The molecule has 132 valence electrons. The maximum absolute atomic E-state index is 11.8. The van der Waals surface area contributed by atoms with Gasteiger partial charge in [-0.1, -0.05) is 0 Å². The van der Waals surface area contributed by atoms with E-state index in [1.807, 2.05) is 0 Å². The van der Waals surface area contributed by atoms with Gasteiger partial charge >= 0.3 is 0 Å². The first kappa shape index (κ1) is 18.3. The molecule has 0 radical (unpaired) electrons. The molecule has 10 heteroatoms. The van der Waals surface area contributed by atoms with E-state index >= 15 is 0 Å². The molecule has 0 aliphatic rings. The lowest BCUT2D eigenvalue weighted by Gasteiger charge is -2.07. The van der Waals surface area contributed by atoms with E-state index in [0.717, 1.165) is 12.1 Å². The highest BCUT2D eigenvalue weighted by atomic mass is 16.6. The van der Waals surface area contributed by atoms with Crippen LogP contribution in [0, 0.1) is 31.6 Å². The lowest BCUT2D eigenvalue weighted by molar-refractivity contribution is -0.393. The molecule has 0 aliphatic carbocycles. The van der Waals surface area contributed by atoms with E-state index in [1.165, 1.54) is 43.3 Å². The van der Waals surface area contributed by atoms with Crippen LogP contribution in [0.3, 0.4) is 0 Å². The number of rotatable bonds is 5. The molecule has 0 N–H and O–H groups in total. The van der Waals surface area contributed by atoms with Crippen molar-refractivity contribution >= 4 is 23.4 Å². The Labute approximate surface area is 146 Å². The summed E-state index contributed by atoms with van der Waals surface area (Å²) >= 11 is 0. The molecular formula is C16H12N4O6. The van der Waals surface area contributed by atoms with Gasteiger partial charge in [-0.05, 0) is 18.2 Å². The zero-order valence-corrected chi connectivity index (χ0v) is 13.7. The van der Waals surface area contributed by atoms with Crippen LogP contribution in [0.4, 0.5) is 11.4 Å². The molecule has 0 fully saturated rings. The molecule has 0 aliphatic heterocycles. The molecule has 26 heavy (non-hydrogen) atoms. The number of nitriles is 1. The van der Waals surface area contributed by atoms with Crippen molar-refractivity contribution in [3.05, 3.63) is 61.9 Å². The molecule has 0 bridgehead atoms. The second kappa shape index (κ2) is 7.27. The Hall–Kier alpha value is -4.00. The van der Waals surface area contributed by atoms with Crippen LogP contribution in [0.2, 0.25) is 0 Å². The van der Waals surface area contributed by atoms with E-state index in [0.29, 0.717) is 0 Å². The molecule has 0 spiro atoms. The van der Waals surface area contributed by atoms with E-state index in [2.05, 4.69) is 0 Å². The van der Waals surface area contributed by atoms with Crippen LogP contribution in [0.25, 0.3) is 17.4 Å². The van der Waals surface area contributed by atoms with E-state index in [9.17, 15) is 25.0 Å². The molecule has 2 aromatic rings. The van der Waals surface area contributed by atoms with Crippen LogP contribution in [-0.4, -0.2) is 34.7 Å². The predicted octanol–water partition coefficient (Wildman–Crippen LogP) is 2.76. The zero-order chi connectivity index (χ0) is 19.4. The lowest BCUT2D eigenvalue weighted by atomic mass is 10.1. The van der Waals surface area contributed by atoms with Gasteiger partial charge < -0.3 is 9.32 Å². The van der Waals surface area contributed by atoms with E-state index in [1.54, 1.807) is 6.07 Å². The van der Waals surface area contributed by atoms with Crippen molar-refractivity contribution in [3.8, 4) is 17.4 Å². The summed E-state index contributed by atoms with van der Waals surface area (Å²) in [6.45, 7) is 0. The van der Waals surface area contributed by atoms with Crippen molar-refractivity contribution in [2.45, 2.75) is 0 Å². The van der Waals surface area contributed by atoms with Crippen LogP contribution < -0.4 is 0 Å². The first-order chi connectivity index (χ1) is 12.2. The summed E-state index contributed by atoms with van der Waals surface area (Å²) < 4.78 is 5.45. The van der Waals surface area contributed by atoms with Gasteiger partial charge in [-0.2, -0.15) is 5.26 Å². The molecule has 0 saturated carbocycles. The Morgan fingerprint density at radius 1 is 1.19 bits per heavy atom. The van der Waals surface area contributed by atoms with E-state index < -0.39 is 27.1 Å². The normalized spacial score (nSPS) is 10.9. The fraction of sp³-hybridized carbons (Fsp3) is 0.125. The molecule has 0 atom stereocenters. The van der Waals surface area contributed by atoms with Crippen molar-refractivity contribution in [1.82, 2.24) is 4.90 Å². The minimum Gasteiger partial charge on any atom is -0.456 e. The largest absolute Gasteiger partial charge is 0.456 e. The maximum Gasteiger partial charge on any atom is 0.287 e. The third kappa shape index (κ3) is 3.73. The number of nitrogens with zero attached hydrogens (tertiary/aromatic N) is 4. The van der Waals surface area contributed by atoms with Gasteiger partial charge in [-0.3, -0.25) is 25.0 Å². The van der Waals surface area contributed by atoms with Crippen LogP contribution in [0.15, 0.2) is 40.3 Å². The monoisotopic (exact) mass is 356 g/mol. The fourth-order valence-electron chi connectivity index (χ4n) is 2.09. The predicted molar refractivity (Wildman–Crippen MR) is 89.7 cm³/mol. The summed E-state index contributed by atoms with van der Waals surface area (Å²) in [6.07, 6.45) is 1.21. The Morgan fingerprint density at radius 3 is 2.42 bits per heavy atom. The molecule has 0 unspecified atom stereocenters. The molecule has 0 saturated heterocycles. The van der Waals surface area contributed by atoms with Gasteiger partial charge in [0.05, 0.1) is 21.5 Å². The number of furan rings is 1. The summed E-state index contributed by atoms with van der Waals surface area (Å²) in [4.78, 5) is 33.6. The topological polar surface area (TPSA) is 144 Å². The molecule has 10 nitrogen and oxygen atoms in total. The zero-order valence-electron chi connectivity index (χ0n) is 13.7. The Bertz CT molecular complexity index is 967. The molecule has 1 aromatic heterocycles. The number of likely N-dealkylation sites (N-methyl/N-ethyl adjacent to an activating group) is 1. The number of nitro groups is 2. The van der Waals surface area contributed by atoms with Crippen LogP contribution >= 0.6 is 0 Å². The van der Waals surface area contributed by atoms with Gasteiger partial charge in [0, 0.05) is 26.2 Å². The smallest absolute Gasteiger partial charge is 0.287 e. The minimum atomic E-state index is -0.753. The first-order valence-corrected chi connectivity index (χ1v) is 7.11. The fourth-order valence-corrected chi connectivity index (χ4v) is 2.09. The molecule has 1 amide bonds. The van der Waals surface area contributed by atoms with Crippen molar-refractivity contribution in [2.24, 2.45) is 0 Å². The van der Waals surface area contributed by atoms with Crippen molar-refractivity contribution < 1.29 is 19.1 Å².